The van der Waals surface area contributed by atoms with Gasteiger partial charge in [0.2, 0.25) is 5.56 Å². The fourth-order valence-electron chi connectivity index (χ4n) is 2.23. The molecule has 122 valence electrons. The molecule has 1 atom stereocenters. The van der Waals surface area contributed by atoms with Gasteiger partial charge in [-0.3, -0.25) is 14.4 Å². The van der Waals surface area contributed by atoms with Gasteiger partial charge in [-0.2, -0.15) is 0 Å². The number of hydrogen-bond donors (Lipinski definition) is 2. The molecule has 0 aliphatic rings. The molecule has 0 saturated carbocycles. The molecule has 1 aromatic rings. The second-order valence-electron chi connectivity index (χ2n) is 5.94. The largest absolute Gasteiger partial charge is 0.480 e. The van der Waals surface area contributed by atoms with Gasteiger partial charge in [-0.1, -0.05) is 20.8 Å². The zero-order chi connectivity index (χ0) is 16.9. The van der Waals surface area contributed by atoms with E-state index in [9.17, 15) is 14.4 Å². The Morgan fingerprint density at radius 1 is 1.27 bits per heavy atom. The molecule has 0 bridgehead atoms. The van der Waals surface area contributed by atoms with Crippen molar-refractivity contribution in [1.29, 1.82) is 0 Å². The summed E-state index contributed by atoms with van der Waals surface area (Å²) in [6.07, 6.45) is 1.29. The molecular weight excluding hydrogens is 284 g/mol. The van der Waals surface area contributed by atoms with Gasteiger partial charge in [0.05, 0.1) is 0 Å². The zero-order valence-corrected chi connectivity index (χ0v) is 13.5. The van der Waals surface area contributed by atoms with Crippen molar-refractivity contribution in [1.82, 2.24) is 9.88 Å². The lowest BCUT2D eigenvalue weighted by atomic mass is 10.1. The number of pyridine rings is 1. The van der Waals surface area contributed by atoms with Crippen LogP contribution in [0.1, 0.15) is 50.2 Å². The molecule has 0 saturated heterocycles. The lowest BCUT2D eigenvalue weighted by Crippen LogP contribution is -2.42. The Morgan fingerprint density at radius 2 is 1.91 bits per heavy atom. The highest BCUT2D eigenvalue weighted by atomic mass is 16.4. The smallest absolute Gasteiger partial charge is 0.323 e. The predicted molar refractivity (Wildman–Crippen MR) is 84.0 cm³/mol. The van der Waals surface area contributed by atoms with Crippen LogP contribution in [0.5, 0.6) is 0 Å². The molecule has 1 rings (SSSR count). The van der Waals surface area contributed by atoms with E-state index in [2.05, 4.69) is 4.98 Å². The van der Waals surface area contributed by atoms with E-state index in [0.29, 0.717) is 24.5 Å². The van der Waals surface area contributed by atoms with Gasteiger partial charge in [-0.15, -0.1) is 0 Å². The number of carboxylic acid groups (broad SMARTS) is 1. The summed E-state index contributed by atoms with van der Waals surface area (Å²) in [4.78, 5) is 39.3. The van der Waals surface area contributed by atoms with Crippen LogP contribution in [0.15, 0.2) is 16.9 Å². The first kappa shape index (κ1) is 17.9. The quantitative estimate of drug-likeness (QED) is 0.805. The number of H-pyrrole nitrogens is 1. The van der Waals surface area contributed by atoms with Crippen molar-refractivity contribution in [2.75, 3.05) is 6.54 Å². The van der Waals surface area contributed by atoms with E-state index in [1.807, 2.05) is 20.8 Å². The summed E-state index contributed by atoms with van der Waals surface area (Å²) in [5.74, 6) is -1.15. The Labute approximate surface area is 130 Å². The third-order valence-electron chi connectivity index (χ3n) is 3.46. The molecular formula is C16H24N2O4. The van der Waals surface area contributed by atoms with Crippen LogP contribution >= 0.6 is 0 Å². The number of carboxylic acids is 1. The molecule has 6 nitrogen and oxygen atoms in total. The zero-order valence-electron chi connectivity index (χ0n) is 13.5. The van der Waals surface area contributed by atoms with Gasteiger partial charge in [0.1, 0.15) is 6.54 Å². The van der Waals surface area contributed by atoms with Crippen molar-refractivity contribution in [3.05, 3.63) is 33.7 Å². The highest BCUT2D eigenvalue weighted by molar-refractivity contribution is 5.96. The number of nitrogens with one attached hydrogen (secondary N) is 1. The van der Waals surface area contributed by atoms with Crippen molar-refractivity contribution < 1.29 is 14.7 Å². The Bertz CT molecular complexity index is 592. The molecule has 1 amide bonds. The molecule has 1 heterocycles. The molecule has 2 N–H and O–H groups in total. The second kappa shape index (κ2) is 7.77. The third kappa shape index (κ3) is 5.02. The number of hydrogen-bond acceptors (Lipinski definition) is 3. The number of nitrogens with zero attached hydrogens (tertiary/aromatic N) is 1. The van der Waals surface area contributed by atoms with Gasteiger partial charge in [0.15, 0.2) is 0 Å². The number of carbonyl (C=O) groups excluding carboxylic acids is 1. The van der Waals surface area contributed by atoms with E-state index in [4.69, 9.17) is 5.11 Å². The van der Waals surface area contributed by atoms with Gasteiger partial charge in [0.25, 0.3) is 5.91 Å². The average molecular weight is 308 g/mol. The van der Waals surface area contributed by atoms with E-state index in [0.717, 1.165) is 0 Å². The highest BCUT2D eigenvalue weighted by Crippen LogP contribution is 2.12. The number of carbonyl (C=O) groups is 2. The molecule has 1 unspecified atom stereocenters. The first-order valence-electron chi connectivity index (χ1n) is 7.50. The van der Waals surface area contributed by atoms with Gasteiger partial charge in [0, 0.05) is 23.4 Å². The Kier molecular flexibility index (Phi) is 6.34. The molecule has 0 aromatic carbocycles. The number of aromatic amines is 1. The summed E-state index contributed by atoms with van der Waals surface area (Å²) < 4.78 is 0. The predicted octanol–water partition coefficient (Wildman–Crippen LogP) is 1.90. The first-order chi connectivity index (χ1) is 10.2. The van der Waals surface area contributed by atoms with Crippen LogP contribution in [0, 0.1) is 5.92 Å². The Balaban J connectivity index is 3.15. The van der Waals surface area contributed by atoms with Gasteiger partial charge < -0.3 is 15.0 Å². The summed E-state index contributed by atoms with van der Waals surface area (Å²) in [6.45, 7) is 7.34. The van der Waals surface area contributed by atoms with Crippen molar-refractivity contribution in [2.45, 2.75) is 46.6 Å². The van der Waals surface area contributed by atoms with Crippen molar-refractivity contribution >= 4 is 11.9 Å². The molecule has 1 aromatic heterocycles. The van der Waals surface area contributed by atoms with E-state index in [-0.39, 0.29) is 23.7 Å². The summed E-state index contributed by atoms with van der Waals surface area (Å²) in [6, 6.07) is 2.65. The summed E-state index contributed by atoms with van der Waals surface area (Å²) in [5.41, 5.74) is 0.576. The maximum atomic E-state index is 12.6. The number of amides is 1. The first-order valence-corrected chi connectivity index (χ1v) is 7.50. The van der Waals surface area contributed by atoms with Crippen molar-refractivity contribution in [3.63, 3.8) is 0 Å². The molecule has 0 fully saturated rings. The third-order valence-corrected chi connectivity index (χ3v) is 3.46. The van der Waals surface area contributed by atoms with Crippen LogP contribution in [-0.2, 0) is 11.2 Å². The molecule has 22 heavy (non-hydrogen) atoms. The molecule has 0 radical (unpaired) electrons. The molecule has 0 aliphatic carbocycles. The fourth-order valence-corrected chi connectivity index (χ4v) is 2.23. The Hall–Kier alpha value is -2.11. The second-order valence-corrected chi connectivity index (χ2v) is 5.94. The minimum absolute atomic E-state index is 0.212. The lowest BCUT2D eigenvalue weighted by molar-refractivity contribution is -0.138. The minimum atomic E-state index is -1.07. The van der Waals surface area contributed by atoms with E-state index >= 15 is 0 Å². The summed E-state index contributed by atoms with van der Waals surface area (Å²) in [7, 11) is 0. The van der Waals surface area contributed by atoms with E-state index in [1.165, 1.54) is 11.0 Å². The maximum Gasteiger partial charge on any atom is 0.323 e. The minimum Gasteiger partial charge on any atom is -0.480 e. The van der Waals surface area contributed by atoms with Gasteiger partial charge >= 0.3 is 5.97 Å². The van der Waals surface area contributed by atoms with Crippen molar-refractivity contribution in [2.24, 2.45) is 5.92 Å². The standard InChI is InChI=1S/C16H24N2O4/c1-5-11(4)18(9-15(20)21)16(22)12-7-13(6-10(2)3)17-14(19)8-12/h7-8,10-11H,5-6,9H2,1-4H3,(H,17,19)(H,20,21). The summed E-state index contributed by atoms with van der Waals surface area (Å²) in [5, 5.41) is 8.99. The van der Waals surface area contributed by atoms with Crippen LogP contribution in [0.2, 0.25) is 0 Å². The monoisotopic (exact) mass is 308 g/mol. The van der Waals surface area contributed by atoms with Crippen LogP contribution in [0.25, 0.3) is 0 Å². The van der Waals surface area contributed by atoms with Crippen LogP contribution < -0.4 is 5.56 Å². The Morgan fingerprint density at radius 3 is 2.41 bits per heavy atom. The number of aromatic nitrogens is 1. The van der Waals surface area contributed by atoms with E-state index < -0.39 is 11.9 Å². The highest BCUT2D eigenvalue weighted by Gasteiger charge is 2.23. The maximum absolute atomic E-state index is 12.6. The van der Waals surface area contributed by atoms with Crippen LogP contribution in [0.4, 0.5) is 0 Å². The number of rotatable bonds is 7. The van der Waals surface area contributed by atoms with Gasteiger partial charge in [-0.05, 0) is 31.7 Å². The average Bonchev–Trinajstić information content (AvgIpc) is 2.41. The van der Waals surface area contributed by atoms with Gasteiger partial charge in [-0.25, -0.2) is 0 Å². The number of aliphatic carboxylic acids is 1. The lowest BCUT2D eigenvalue weighted by Gasteiger charge is -2.27. The molecule has 0 aliphatic heterocycles. The molecule has 0 spiro atoms. The van der Waals surface area contributed by atoms with Crippen molar-refractivity contribution in [3.8, 4) is 0 Å². The van der Waals surface area contributed by atoms with E-state index in [1.54, 1.807) is 13.0 Å². The molecule has 6 heteroatoms. The van der Waals surface area contributed by atoms with Crippen LogP contribution in [-0.4, -0.2) is 39.5 Å². The topological polar surface area (TPSA) is 90.5 Å². The fraction of sp³-hybridized carbons (Fsp3) is 0.562. The SMILES string of the molecule is CCC(C)N(CC(=O)O)C(=O)c1cc(CC(C)C)[nH]c(=O)c1. The van der Waals surface area contributed by atoms with Crippen LogP contribution in [0.3, 0.4) is 0 Å². The summed E-state index contributed by atoms with van der Waals surface area (Å²) >= 11 is 0. The normalized spacial score (nSPS) is 12.2.